The monoisotopic (exact) mass is 424 g/mol. The summed E-state index contributed by atoms with van der Waals surface area (Å²) in [5, 5.41) is 18.2. The molecule has 0 aliphatic rings. The van der Waals surface area contributed by atoms with Crippen molar-refractivity contribution < 1.29 is 19.8 Å². The Morgan fingerprint density at radius 1 is 0.438 bits per heavy atom. The zero-order valence-corrected chi connectivity index (χ0v) is 17.9. The summed E-state index contributed by atoms with van der Waals surface area (Å²) in [4.78, 5) is 24.0. The second kappa shape index (κ2) is 10.2. The second-order valence-corrected chi connectivity index (χ2v) is 7.48. The average Bonchev–Trinajstić information content (AvgIpc) is 2.81. The lowest BCUT2D eigenvalue weighted by Crippen LogP contribution is -2.00. The van der Waals surface area contributed by atoms with Gasteiger partial charge in [-0.3, -0.25) is 9.59 Å². The Hall–Kier alpha value is -4.18. The van der Waals surface area contributed by atoms with Crippen molar-refractivity contribution in [1.29, 1.82) is 0 Å². The predicted octanol–water partition coefficient (Wildman–Crippen LogP) is 5.86. The maximum absolute atomic E-state index is 12.1. The molecule has 0 spiro atoms. The van der Waals surface area contributed by atoms with Crippen LogP contribution in [-0.2, 0) is 0 Å². The fourth-order valence-corrected chi connectivity index (χ4v) is 2.97. The van der Waals surface area contributed by atoms with Crippen molar-refractivity contribution >= 4 is 11.6 Å². The highest BCUT2D eigenvalue weighted by Gasteiger charge is 2.09. The largest absolute Gasteiger partial charge is 0.508 e. The lowest BCUT2D eigenvalue weighted by atomic mass is 10.0. The Labute approximate surface area is 187 Å². The highest BCUT2D eigenvalue weighted by Crippen LogP contribution is 2.16. The summed E-state index contributed by atoms with van der Waals surface area (Å²) < 4.78 is 0. The molecule has 0 aliphatic carbocycles. The predicted molar refractivity (Wildman–Crippen MR) is 125 cm³/mol. The molecule has 4 nitrogen and oxygen atoms in total. The van der Waals surface area contributed by atoms with E-state index in [4.69, 9.17) is 10.2 Å². The molecule has 4 aromatic rings. The van der Waals surface area contributed by atoms with Crippen LogP contribution in [0.1, 0.15) is 43.0 Å². The zero-order chi connectivity index (χ0) is 23.1. The van der Waals surface area contributed by atoms with Crippen LogP contribution in [-0.4, -0.2) is 21.8 Å². The number of aromatic hydroxyl groups is 2. The first-order valence-electron chi connectivity index (χ1n) is 10.1. The lowest BCUT2D eigenvalue weighted by molar-refractivity contribution is 0.103. The molecular formula is C28H24O4. The smallest absolute Gasteiger partial charge is 0.193 e. The number of carbonyl (C=O) groups excluding carboxylic acids is 2. The molecule has 4 aromatic carbocycles. The van der Waals surface area contributed by atoms with Crippen molar-refractivity contribution in [3.63, 3.8) is 0 Å². The van der Waals surface area contributed by atoms with E-state index in [2.05, 4.69) is 0 Å². The number of carbonyl (C=O) groups is 2. The summed E-state index contributed by atoms with van der Waals surface area (Å²) in [5.41, 5.74) is 4.83. The molecule has 4 heteroatoms. The van der Waals surface area contributed by atoms with Crippen LogP contribution in [0.3, 0.4) is 0 Å². The molecule has 0 aliphatic heterocycles. The van der Waals surface area contributed by atoms with Gasteiger partial charge in [-0.1, -0.05) is 59.7 Å². The molecule has 0 saturated heterocycles. The van der Waals surface area contributed by atoms with Gasteiger partial charge in [-0.25, -0.2) is 0 Å². The van der Waals surface area contributed by atoms with E-state index in [1.54, 1.807) is 24.3 Å². The van der Waals surface area contributed by atoms with Gasteiger partial charge in [0.25, 0.3) is 0 Å². The molecule has 0 radical (unpaired) electrons. The van der Waals surface area contributed by atoms with Crippen molar-refractivity contribution in [2.75, 3.05) is 0 Å². The topological polar surface area (TPSA) is 74.6 Å². The Kier molecular flexibility index (Phi) is 7.19. The van der Waals surface area contributed by atoms with Gasteiger partial charge in [-0.05, 0) is 62.4 Å². The van der Waals surface area contributed by atoms with Gasteiger partial charge >= 0.3 is 0 Å². The number of ketones is 2. The standard InChI is InChI=1S/C15H14O.C13H10O3/c1-11-3-7-13(8-4-11)15(16)14-9-5-12(2)6-10-14;14-11-5-1-9(2-6-11)13(16)10-3-7-12(15)8-4-10/h3-10H,1-2H3;1-8,14-15H. The molecule has 160 valence electrons. The van der Waals surface area contributed by atoms with Gasteiger partial charge < -0.3 is 10.2 Å². The third kappa shape index (κ3) is 5.92. The van der Waals surface area contributed by atoms with Gasteiger partial charge in [0.2, 0.25) is 0 Å². The highest BCUT2D eigenvalue weighted by atomic mass is 16.3. The van der Waals surface area contributed by atoms with Crippen LogP contribution in [0.25, 0.3) is 0 Å². The number of aryl methyl sites for hydroxylation is 2. The van der Waals surface area contributed by atoms with Crippen molar-refractivity contribution in [2.24, 2.45) is 0 Å². The van der Waals surface area contributed by atoms with Gasteiger partial charge in [0.05, 0.1) is 0 Å². The van der Waals surface area contributed by atoms with E-state index in [1.807, 2.05) is 62.4 Å². The molecule has 0 heterocycles. The van der Waals surface area contributed by atoms with E-state index in [1.165, 1.54) is 35.4 Å². The first kappa shape index (κ1) is 22.5. The van der Waals surface area contributed by atoms with Crippen LogP contribution in [0.2, 0.25) is 0 Å². The zero-order valence-electron chi connectivity index (χ0n) is 17.9. The quantitative estimate of drug-likeness (QED) is 0.402. The first-order valence-corrected chi connectivity index (χ1v) is 10.1. The fraction of sp³-hybridized carbons (Fsp3) is 0.0714. The van der Waals surface area contributed by atoms with Gasteiger partial charge in [0, 0.05) is 22.3 Å². The molecule has 0 fully saturated rings. The summed E-state index contributed by atoms with van der Waals surface area (Å²) in [5.74, 6) is 0.199. The summed E-state index contributed by atoms with van der Waals surface area (Å²) in [6.07, 6.45) is 0. The fourth-order valence-electron chi connectivity index (χ4n) is 2.97. The Balaban J connectivity index is 0.000000181. The molecule has 0 atom stereocenters. The van der Waals surface area contributed by atoms with Crippen molar-refractivity contribution in [2.45, 2.75) is 13.8 Å². The molecule has 0 saturated carbocycles. The molecule has 0 amide bonds. The number of phenolic OH excluding ortho intramolecular Hbond substituents is 2. The maximum Gasteiger partial charge on any atom is 0.193 e. The van der Waals surface area contributed by atoms with Crippen molar-refractivity contribution in [3.05, 3.63) is 130 Å². The van der Waals surface area contributed by atoms with Gasteiger partial charge in [-0.2, -0.15) is 0 Å². The Morgan fingerprint density at radius 3 is 0.906 bits per heavy atom. The minimum Gasteiger partial charge on any atom is -0.508 e. The number of rotatable bonds is 4. The van der Waals surface area contributed by atoms with Crippen LogP contribution < -0.4 is 0 Å². The minimum absolute atomic E-state index is 0.0833. The normalized spacial score (nSPS) is 10.1. The van der Waals surface area contributed by atoms with E-state index in [9.17, 15) is 9.59 Å². The number of benzene rings is 4. The second-order valence-electron chi connectivity index (χ2n) is 7.48. The maximum atomic E-state index is 12.1. The summed E-state index contributed by atoms with van der Waals surface area (Å²) in [6, 6.07) is 27.4. The van der Waals surface area contributed by atoms with Crippen LogP contribution in [0, 0.1) is 13.8 Å². The van der Waals surface area contributed by atoms with Crippen LogP contribution >= 0.6 is 0 Å². The summed E-state index contributed by atoms with van der Waals surface area (Å²) in [6.45, 7) is 4.03. The first-order chi connectivity index (χ1) is 15.3. The van der Waals surface area contributed by atoms with E-state index in [-0.39, 0.29) is 23.1 Å². The van der Waals surface area contributed by atoms with E-state index >= 15 is 0 Å². The van der Waals surface area contributed by atoms with E-state index in [0.717, 1.165) is 11.1 Å². The molecule has 0 aromatic heterocycles. The lowest BCUT2D eigenvalue weighted by Gasteiger charge is -2.02. The van der Waals surface area contributed by atoms with Crippen molar-refractivity contribution in [1.82, 2.24) is 0 Å². The van der Waals surface area contributed by atoms with Crippen LogP contribution in [0.5, 0.6) is 11.5 Å². The molecule has 4 rings (SSSR count). The Morgan fingerprint density at radius 2 is 0.656 bits per heavy atom. The molecule has 32 heavy (non-hydrogen) atoms. The molecule has 0 bridgehead atoms. The van der Waals surface area contributed by atoms with Gasteiger partial charge in [0.15, 0.2) is 11.6 Å². The minimum atomic E-state index is -0.139. The van der Waals surface area contributed by atoms with Gasteiger partial charge in [0.1, 0.15) is 11.5 Å². The number of hydrogen-bond donors (Lipinski definition) is 2. The third-order valence-electron chi connectivity index (χ3n) is 4.89. The Bertz CT molecular complexity index is 995. The highest BCUT2D eigenvalue weighted by molar-refractivity contribution is 6.09. The van der Waals surface area contributed by atoms with Gasteiger partial charge in [-0.15, -0.1) is 0 Å². The molecule has 0 unspecified atom stereocenters. The summed E-state index contributed by atoms with van der Waals surface area (Å²) in [7, 11) is 0. The van der Waals surface area contributed by atoms with E-state index in [0.29, 0.717) is 11.1 Å². The average molecular weight is 424 g/mol. The number of phenols is 2. The van der Waals surface area contributed by atoms with Crippen LogP contribution in [0.15, 0.2) is 97.1 Å². The van der Waals surface area contributed by atoms with E-state index < -0.39 is 0 Å². The summed E-state index contributed by atoms with van der Waals surface area (Å²) >= 11 is 0. The third-order valence-corrected chi connectivity index (χ3v) is 4.89. The number of hydrogen-bond acceptors (Lipinski definition) is 4. The molecule has 2 N–H and O–H groups in total. The van der Waals surface area contributed by atoms with Crippen LogP contribution in [0.4, 0.5) is 0 Å². The van der Waals surface area contributed by atoms with Crippen molar-refractivity contribution in [3.8, 4) is 11.5 Å². The molecular weight excluding hydrogens is 400 g/mol. The SMILES string of the molecule is Cc1ccc(C(=O)c2ccc(C)cc2)cc1.O=C(c1ccc(O)cc1)c1ccc(O)cc1.